The summed E-state index contributed by atoms with van der Waals surface area (Å²) in [4.78, 5) is 0. The molecule has 4 nitrogen and oxygen atoms in total. The van der Waals surface area contributed by atoms with Crippen LogP contribution in [0.3, 0.4) is 0 Å². The Morgan fingerprint density at radius 1 is 1.35 bits per heavy atom. The second kappa shape index (κ2) is 6.03. The number of nitrogens with two attached hydrogens (primary N) is 1. The van der Waals surface area contributed by atoms with Gasteiger partial charge in [-0.25, -0.2) is 0 Å². The van der Waals surface area contributed by atoms with Gasteiger partial charge in [-0.2, -0.15) is 18.4 Å². The van der Waals surface area contributed by atoms with E-state index in [9.17, 15) is 13.2 Å². The Balaban J connectivity index is 3.14. The van der Waals surface area contributed by atoms with E-state index < -0.39 is 17.5 Å². The van der Waals surface area contributed by atoms with Gasteiger partial charge < -0.3 is 11.1 Å². The molecule has 106 valence electrons. The van der Waals surface area contributed by atoms with E-state index in [1.165, 1.54) is 6.07 Å². The van der Waals surface area contributed by atoms with E-state index in [4.69, 9.17) is 39.6 Å². The van der Waals surface area contributed by atoms with Crippen LogP contribution >= 0.6 is 23.2 Å². The first-order valence-electron chi connectivity index (χ1n) is 4.94. The third-order valence-corrected chi connectivity index (χ3v) is 2.66. The Hall–Kier alpha value is -1.91. The largest absolute Gasteiger partial charge is 0.416 e. The second-order valence-electron chi connectivity index (χ2n) is 3.56. The van der Waals surface area contributed by atoms with Gasteiger partial charge in [0.05, 0.1) is 21.3 Å². The molecule has 0 atom stereocenters. The van der Waals surface area contributed by atoms with Gasteiger partial charge in [-0.15, -0.1) is 0 Å². The molecule has 20 heavy (non-hydrogen) atoms. The summed E-state index contributed by atoms with van der Waals surface area (Å²) in [5.74, 6) is -0.153. The lowest BCUT2D eigenvalue weighted by Crippen LogP contribution is -2.12. The van der Waals surface area contributed by atoms with Gasteiger partial charge in [-0.3, -0.25) is 5.41 Å². The lowest BCUT2D eigenvalue weighted by atomic mass is 10.2. The van der Waals surface area contributed by atoms with Crippen LogP contribution < -0.4 is 11.1 Å². The highest BCUT2D eigenvalue weighted by atomic mass is 35.5. The number of allylic oxidation sites excluding steroid dienone is 1. The molecule has 0 bridgehead atoms. The van der Waals surface area contributed by atoms with Crippen molar-refractivity contribution in [3.8, 4) is 6.07 Å². The summed E-state index contributed by atoms with van der Waals surface area (Å²) in [7, 11) is 0. The third kappa shape index (κ3) is 4.05. The quantitative estimate of drug-likeness (QED) is 0.740. The number of halogens is 5. The van der Waals surface area contributed by atoms with E-state index in [0.29, 0.717) is 12.1 Å². The number of hydrogen-bond donors (Lipinski definition) is 3. The molecule has 0 aliphatic rings. The first kappa shape index (κ1) is 16.1. The fraction of sp³-hybridized carbons (Fsp3) is 0.0909. The summed E-state index contributed by atoms with van der Waals surface area (Å²) >= 11 is 11.4. The highest BCUT2D eigenvalue weighted by Gasteiger charge is 2.32. The molecule has 0 aliphatic heterocycles. The van der Waals surface area contributed by atoms with E-state index in [-0.39, 0.29) is 21.6 Å². The lowest BCUT2D eigenvalue weighted by Gasteiger charge is -2.13. The number of alkyl halides is 3. The predicted octanol–water partition coefficient (Wildman–Crippen LogP) is 3.77. The number of nitriles is 1. The molecule has 0 amide bonds. The van der Waals surface area contributed by atoms with Crippen molar-refractivity contribution in [2.45, 2.75) is 6.18 Å². The summed E-state index contributed by atoms with van der Waals surface area (Å²) in [6.07, 6.45) is -3.60. The molecule has 0 spiro atoms. The van der Waals surface area contributed by atoms with E-state index in [1.54, 1.807) is 0 Å². The summed E-state index contributed by atoms with van der Waals surface area (Å²) in [6, 6.07) is 2.90. The molecule has 9 heteroatoms. The van der Waals surface area contributed by atoms with Crippen LogP contribution in [0.2, 0.25) is 10.0 Å². The summed E-state index contributed by atoms with van der Waals surface area (Å²) in [6.45, 7) is 0. The first-order chi connectivity index (χ1) is 9.15. The number of nitrogens with zero attached hydrogens (tertiary/aromatic N) is 1. The van der Waals surface area contributed by atoms with Crippen molar-refractivity contribution in [2.24, 2.45) is 5.73 Å². The smallest absolute Gasteiger partial charge is 0.385 e. The molecule has 0 saturated carbocycles. The molecule has 0 radical (unpaired) electrons. The van der Waals surface area contributed by atoms with E-state index in [0.717, 1.165) is 6.08 Å². The maximum Gasteiger partial charge on any atom is 0.416 e. The van der Waals surface area contributed by atoms with Crippen LogP contribution in [0.4, 0.5) is 18.9 Å². The zero-order valence-corrected chi connectivity index (χ0v) is 11.2. The Morgan fingerprint density at radius 3 is 2.25 bits per heavy atom. The van der Waals surface area contributed by atoms with Crippen molar-refractivity contribution in [3.05, 3.63) is 39.6 Å². The van der Waals surface area contributed by atoms with Gasteiger partial charge in [0, 0.05) is 6.08 Å². The van der Waals surface area contributed by atoms with Gasteiger partial charge in [0.1, 0.15) is 17.6 Å². The predicted molar refractivity (Wildman–Crippen MR) is 70.7 cm³/mol. The fourth-order valence-electron chi connectivity index (χ4n) is 1.22. The van der Waals surface area contributed by atoms with Crippen molar-refractivity contribution in [1.29, 1.82) is 10.7 Å². The molecule has 1 aromatic carbocycles. The normalized spacial score (nSPS) is 11.9. The summed E-state index contributed by atoms with van der Waals surface area (Å²) in [5, 5.41) is 17.4. The highest BCUT2D eigenvalue weighted by molar-refractivity contribution is 6.39. The SMILES string of the molecule is N#CC(=N)/C=C(/N)Nc1c(Cl)cc(C(F)(F)F)cc1Cl. The Morgan fingerprint density at radius 2 is 1.85 bits per heavy atom. The van der Waals surface area contributed by atoms with Crippen LogP contribution in [0.25, 0.3) is 0 Å². The van der Waals surface area contributed by atoms with Crippen molar-refractivity contribution >= 4 is 34.6 Å². The molecule has 0 unspecified atom stereocenters. The topological polar surface area (TPSA) is 85.7 Å². The van der Waals surface area contributed by atoms with Gasteiger partial charge in [0.25, 0.3) is 0 Å². The molecule has 0 aliphatic carbocycles. The van der Waals surface area contributed by atoms with Crippen molar-refractivity contribution in [2.75, 3.05) is 5.32 Å². The number of anilines is 1. The third-order valence-electron chi connectivity index (χ3n) is 2.06. The molecule has 0 saturated heterocycles. The minimum atomic E-state index is -4.57. The van der Waals surface area contributed by atoms with Crippen LogP contribution in [-0.4, -0.2) is 5.71 Å². The molecular formula is C11H7Cl2F3N4. The van der Waals surface area contributed by atoms with Gasteiger partial charge in [-0.05, 0) is 12.1 Å². The molecule has 4 N–H and O–H groups in total. The van der Waals surface area contributed by atoms with Crippen LogP contribution in [0.1, 0.15) is 5.56 Å². The van der Waals surface area contributed by atoms with Gasteiger partial charge in [0.15, 0.2) is 0 Å². The molecule has 1 rings (SSSR count). The van der Waals surface area contributed by atoms with Gasteiger partial charge in [0.2, 0.25) is 0 Å². The van der Waals surface area contributed by atoms with Crippen molar-refractivity contribution in [1.82, 2.24) is 0 Å². The molecule has 0 fully saturated rings. The molecule has 1 aromatic rings. The standard InChI is InChI=1S/C11H7Cl2F3N4/c12-7-1-5(11(14,15)16)2-8(13)10(7)20-9(19)3-6(18)4-17/h1-3,18,20H,19H2/b9-3-,18-6?. The minimum absolute atomic E-state index is 0.0409. The second-order valence-corrected chi connectivity index (χ2v) is 4.38. The van der Waals surface area contributed by atoms with Gasteiger partial charge >= 0.3 is 6.18 Å². The van der Waals surface area contributed by atoms with Crippen LogP contribution in [0, 0.1) is 16.7 Å². The average Bonchev–Trinajstić information content (AvgIpc) is 2.32. The van der Waals surface area contributed by atoms with Crippen molar-refractivity contribution in [3.63, 3.8) is 0 Å². The Bertz CT molecular complexity index is 594. The fourth-order valence-corrected chi connectivity index (χ4v) is 1.81. The van der Waals surface area contributed by atoms with Crippen LogP contribution in [0.5, 0.6) is 0 Å². The maximum atomic E-state index is 12.5. The monoisotopic (exact) mass is 322 g/mol. The molecular weight excluding hydrogens is 316 g/mol. The Labute approximate surface area is 122 Å². The van der Waals surface area contributed by atoms with Crippen LogP contribution in [0.15, 0.2) is 24.0 Å². The van der Waals surface area contributed by atoms with Crippen LogP contribution in [-0.2, 0) is 6.18 Å². The van der Waals surface area contributed by atoms with E-state index in [2.05, 4.69) is 5.32 Å². The number of hydrogen-bond acceptors (Lipinski definition) is 4. The van der Waals surface area contributed by atoms with E-state index in [1.807, 2.05) is 0 Å². The lowest BCUT2D eigenvalue weighted by molar-refractivity contribution is -0.137. The van der Waals surface area contributed by atoms with E-state index >= 15 is 0 Å². The van der Waals surface area contributed by atoms with Crippen molar-refractivity contribution < 1.29 is 13.2 Å². The first-order valence-corrected chi connectivity index (χ1v) is 5.70. The molecule has 0 heterocycles. The highest BCUT2D eigenvalue weighted by Crippen LogP contribution is 2.38. The zero-order chi connectivity index (χ0) is 15.5. The summed E-state index contributed by atoms with van der Waals surface area (Å²) < 4.78 is 37.6. The Kier molecular flexibility index (Phi) is 4.87. The molecule has 0 aromatic heterocycles. The zero-order valence-electron chi connectivity index (χ0n) is 9.65. The number of nitrogens with one attached hydrogen (secondary N) is 2. The number of benzene rings is 1. The summed E-state index contributed by atoms with van der Waals surface area (Å²) in [5.41, 5.74) is 3.99. The van der Waals surface area contributed by atoms with Gasteiger partial charge in [-0.1, -0.05) is 23.2 Å². The minimum Gasteiger partial charge on any atom is -0.385 e. The maximum absolute atomic E-state index is 12.5. The number of rotatable bonds is 3. The average molecular weight is 323 g/mol.